The van der Waals surface area contributed by atoms with Crippen LogP contribution < -0.4 is 11.1 Å². The van der Waals surface area contributed by atoms with Crippen molar-refractivity contribution in [3.63, 3.8) is 0 Å². The lowest BCUT2D eigenvalue weighted by Crippen LogP contribution is -2.27. The van der Waals surface area contributed by atoms with E-state index < -0.39 is 0 Å². The van der Waals surface area contributed by atoms with E-state index in [-0.39, 0.29) is 11.9 Å². The molecule has 3 N–H and O–H groups in total. The highest BCUT2D eigenvalue weighted by atomic mass is 16.3. The van der Waals surface area contributed by atoms with Gasteiger partial charge < -0.3 is 15.5 Å². The van der Waals surface area contributed by atoms with E-state index in [4.69, 9.17) is 10.2 Å². The average molecular weight is 231 g/mol. The quantitative estimate of drug-likeness (QED) is 0.843. The van der Waals surface area contributed by atoms with Gasteiger partial charge in [-0.15, -0.1) is 0 Å². The van der Waals surface area contributed by atoms with E-state index in [1.807, 2.05) is 6.92 Å². The number of hydrogen-bond acceptors (Lipinski definition) is 4. The number of aromatic nitrogens is 1. The summed E-state index contributed by atoms with van der Waals surface area (Å²) in [6, 6.07) is 6.61. The fraction of sp³-hybridized carbons (Fsp3) is 0.167. The summed E-state index contributed by atoms with van der Waals surface area (Å²) < 4.78 is 5.20. The molecule has 5 heteroatoms. The number of nitrogen functional groups attached to an aromatic ring is 1. The van der Waals surface area contributed by atoms with Crippen molar-refractivity contribution in [3.8, 4) is 0 Å². The minimum absolute atomic E-state index is 0.197. The molecule has 0 saturated heterocycles. The Bertz CT molecular complexity index is 491. The first-order chi connectivity index (χ1) is 8.16. The number of nitrogens with zero attached hydrogens (tertiary/aromatic N) is 1. The number of amides is 1. The first-order valence-electron chi connectivity index (χ1n) is 5.22. The molecule has 2 aromatic heterocycles. The summed E-state index contributed by atoms with van der Waals surface area (Å²) >= 11 is 0. The molecule has 0 aliphatic carbocycles. The van der Waals surface area contributed by atoms with Gasteiger partial charge in [-0.3, -0.25) is 4.79 Å². The maximum atomic E-state index is 11.8. The van der Waals surface area contributed by atoms with Crippen LogP contribution in [0.25, 0.3) is 0 Å². The predicted octanol–water partition coefficient (Wildman–Crippen LogP) is 1.75. The Labute approximate surface area is 98.6 Å². The van der Waals surface area contributed by atoms with Crippen molar-refractivity contribution in [1.82, 2.24) is 10.3 Å². The van der Waals surface area contributed by atoms with Crippen LogP contribution in [0.2, 0.25) is 0 Å². The summed E-state index contributed by atoms with van der Waals surface area (Å²) in [6.45, 7) is 1.84. The minimum Gasteiger partial charge on any atom is -0.467 e. The molecule has 0 aromatic carbocycles. The zero-order valence-corrected chi connectivity index (χ0v) is 9.38. The molecule has 0 unspecified atom stereocenters. The van der Waals surface area contributed by atoms with Gasteiger partial charge in [0.05, 0.1) is 24.2 Å². The van der Waals surface area contributed by atoms with Gasteiger partial charge in [-0.2, -0.15) is 0 Å². The highest BCUT2D eigenvalue weighted by molar-refractivity contribution is 5.92. The Kier molecular flexibility index (Phi) is 3.09. The molecule has 5 nitrogen and oxygen atoms in total. The predicted molar refractivity (Wildman–Crippen MR) is 63.2 cm³/mol. The van der Waals surface area contributed by atoms with Gasteiger partial charge in [0.2, 0.25) is 0 Å². The van der Waals surface area contributed by atoms with Crippen LogP contribution in [0.15, 0.2) is 41.1 Å². The summed E-state index contributed by atoms with van der Waals surface area (Å²) in [4.78, 5) is 15.8. The number of pyridine rings is 1. The normalized spacial score (nSPS) is 12.1. The summed E-state index contributed by atoms with van der Waals surface area (Å²) in [5, 5.41) is 2.78. The number of nitrogens with two attached hydrogens (primary N) is 1. The molecule has 2 aromatic rings. The maximum Gasteiger partial charge on any atom is 0.270 e. The van der Waals surface area contributed by atoms with E-state index in [0.717, 1.165) is 0 Å². The number of furan rings is 1. The van der Waals surface area contributed by atoms with Crippen LogP contribution in [0.4, 0.5) is 5.69 Å². The molecule has 2 heterocycles. The Morgan fingerprint density at radius 1 is 1.47 bits per heavy atom. The lowest BCUT2D eigenvalue weighted by molar-refractivity contribution is 0.0930. The molecule has 0 spiro atoms. The molecular formula is C12H13N3O2. The van der Waals surface area contributed by atoms with Crippen molar-refractivity contribution in [2.45, 2.75) is 13.0 Å². The fourth-order valence-electron chi connectivity index (χ4n) is 1.42. The molecule has 0 aliphatic rings. The first-order valence-corrected chi connectivity index (χ1v) is 5.22. The molecule has 0 fully saturated rings. The monoisotopic (exact) mass is 231 g/mol. The van der Waals surface area contributed by atoms with Crippen LogP contribution in [0, 0.1) is 0 Å². The van der Waals surface area contributed by atoms with E-state index in [0.29, 0.717) is 17.1 Å². The van der Waals surface area contributed by atoms with Gasteiger partial charge in [0, 0.05) is 0 Å². The molecule has 0 radical (unpaired) electrons. The second kappa shape index (κ2) is 4.69. The molecule has 2 rings (SSSR count). The van der Waals surface area contributed by atoms with E-state index >= 15 is 0 Å². The zero-order valence-electron chi connectivity index (χ0n) is 9.38. The van der Waals surface area contributed by atoms with Crippen molar-refractivity contribution in [3.05, 3.63) is 48.2 Å². The largest absolute Gasteiger partial charge is 0.467 e. The van der Waals surface area contributed by atoms with Gasteiger partial charge >= 0.3 is 0 Å². The van der Waals surface area contributed by atoms with Gasteiger partial charge in [-0.25, -0.2) is 4.98 Å². The van der Waals surface area contributed by atoms with Crippen LogP contribution in [0.3, 0.4) is 0 Å². The fourth-order valence-corrected chi connectivity index (χ4v) is 1.42. The van der Waals surface area contributed by atoms with E-state index in [9.17, 15) is 4.79 Å². The average Bonchev–Trinajstić information content (AvgIpc) is 2.83. The summed E-state index contributed by atoms with van der Waals surface area (Å²) in [6.07, 6.45) is 3.02. The van der Waals surface area contributed by atoms with Gasteiger partial charge in [0.25, 0.3) is 5.91 Å². The van der Waals surface area contributed by atoms with Crippen LogP contribution in [-0.2, 0) is 0 Å². The second-order valence-corrected chi connectivity index (χ2v) is 3.69. The van der Waals surface area contributed by atoms with Crippen molar-refractivity contribution >= 4 is 11.6 Å². The topological polar surface area (TPSA) is 81.2 Å². The van der Waals surface area contributed by atoms with Gasteiger partial charge in [-0.1, -0.05) is 0 Å². The molecular weight excluding hydrogens is 218 g/mol. The van der Waals surface area contributed by atoms with E-state index in [1.165, 1.54) is 6.20 Å². The number of rotatable bonds is 3. The Morgan fingerprint density at radius 3 is 2.88 bits per heavy atom. The lowest BCUT2D eigenvalue weighted by atomic mass is 10.2. The molecule has 0 bridgehead atoms. The van der Waals surface area contributed by atoms with Crippen molar-refractivity contribution < 1.29 is 9.21 Å². The van der Waals surface area contributed by atoms with Crippen molar-refractivity contribution in [1.29, 1.82) is 0 Å². The van der Waals surface area contributed by atoms with E-state index in [1.54, 1.807) is 30.5 Å². The molecule has 17 heavy (non-hydrogen) atoms. The third-order valence-electron chi connectivity index (χ3n) is 2.34. The zero-order chi connectivity index (χ0) is 12.3. The van der Waals surface area contributed by atoms with E-state index in [2.05, 4.69) is 10.3 Å². The van der Waals surface area contributed by atoms with Gasteiger partial charge in [-0.05, 0) is 31.2 Å². The smallest absolute Gasteiger partial charge is 0.270 e. The Hall–Kier alpha value is -2.30. The van der Waals surface area contributed by atoms with Crippen LogP contribution in [0.5, 0.6) is 0 Å². The maximum absolute atomic E-state index is 11.8. The summed E-state index contributed by atoms with van der Waals surface area (Å²) in [7, 11) is 0. The number of hydrogen-bond donors (Lipinski definition) is 2. The van der Waals surface area contributed by atoms with Crippen LogP contribution >= 0.6 is 0 Å². The van der Waals surface area contributed by atoms with Crippen molar-refractivity contribution in [2.24, 2.45) is 0 Å². The Morgan fingerprint density at radius 2 is 2.29 bits per heavy atom. The molecule has 0 aliphatic heterocycles. The molecule has 1 amide bonds. The SMILES string of the molecule is C[C@H](NC(=O)c1ccc(N)cn1)c1ccco1. The van der Waals surface area contributed by atoms with Crippen LogP contribution in [0.1, 0.15) is 29.2 Å². The standard InChI is InChI=1S/C12H13N3O2/c1-8(11-3-2-6-17-11)15-12(16)10-5-4-9(13)7-14-10/h2-8H,13H2,1H3,(H,15,16)/t8-/m0/s1. The lowest BCUT2D eigenvalue weighted by Gasteiger charge is -2.10. The summed E-state index contributed by atoms with van der Waals surface area (Å²) in [5.41, 5.74) is 6.36. The number of carbonyl (C=O) groups excluding carboxylic acids is 1. The van der Waals surface area contributed by atoms with Crippen LogP contribution in [-0.4, -0.2) is 10.9 Å². The first kappa shape index (κ1) is 11.2. The number of anilines is 1. The molecule has 0 saturated carbocycles. The minimum atomic E-state index is -0.256. The van der Waals surface area contributed by atoms with Gasteiger partial charge in [0.1, 0.15) is 11.5 Å². The highest BCUT2D eigenvalue weighted by Crippen LogP contribution is 2.12. The summed E-state index contributed by atoms with van der Waals surface area (Å²) in [5.74, 6) is 0.447. The van der Waals surface area contributed by atoms with Gasteiger partial charge in [0.15, 0.2) is 0 Å². The Balaban J connectivity index is 2.04. The third-order valence-corrected chi connectivity index (χ3v) is 2.34. The molecule has 1 atom stereocenters. The molecule has 88 valence electrons. The number of nitrogens with one attached hydrogen (secondary N) is 1. The number of carbonyl (C=O) groups is 1. The second-order valence-electron chi connectivity index (χ2n) is 3.69. The van der Waals surface area contributed by atoms with Crippen molar-refractivity contribution in [2.75, 3.05) is 5.73 Å². The highest BCUT2D eigenvalue weighted by Gasteiger charge is 2.13. The third kappa shape index (κ3) is 2.63.